The second kappa shape index (κ2) is 6.50. The number of halogens is 1. The van der Waals surface area contributed by atoms with Gasteiger partial charge < -0.3 is 10.1 Å². The van der Waals surface area contributed by atoms with Gasteiger partial charge in [0.25, 0.3) is 5.91 Å². The van der Waals surface area contributed by atoms with Gasteiger partial charge in [-0.2, -0.15) is 0 Å². The Bertz CT molecular complexity index is 624. The van der Waals surface area contributed by atoms with Crippen LogP contribution in [0.2, 0.25) is 5.02 Å². The lowest BCUT2D eigenvalue weighted by Gasteiger charge is -2.59. The molecule has 0 spiro atoms. The summed E-state index contributed by atoms with van der Waals surface area (Å²) in [4.78, 5) is 12.7. The van der Waals surface area contributed by atoms with Crippen molar-refractivity contribution in [1.29, 1.82) is 0 Å². The molecule has 5 rings (SSSR count). The predicted molar refractivity (Wildman–Crippen MR) is 99.8 cm³/mol. The Morgan fingerprint density at radius 1 is 1.12 bits per heavy atom. The molecular weight excluding hydrogens is 334 g/mol. The van der Waals surface area contributed by atoms with E-state index in [4.69, 9.17) is 16.3 Å². The van der Waals surface area contributed by atoms with Crippen molar-refractivity contribution in [2.24, 2.45) is 23.2 Å². The molecule has 0 aliphatic heterocycles. The van der Waals surface area contributed by atoms with Crippen LogP contribution in [0.4, 0.5) is 0 Å². The fraction of sp³-hybridized carbons (Fsp3) is 0.667. The Morgan fingerprint density at radius 3 is 2.24 bits per heavy atom. The quantitative estimate of drug-likeness (QED) is 0.815. The number of rotatable bonds is 5. The first-order valence-electron chi connectivity index (χ1n) is 9.67. The standard InChI is InChI=1S/C21H28ClNO2/c1-13(25-19-6-4-3-5-18(19)22)20(24)23-14(2)21-10-15-7-16(11-21)9-17(8-15)12-21/h3-6,13-17H,7-12H2,1-2H3,(H,23,24)/t13-,14+,15?,16?,17?,21?/m0/s1. The van der Waals surface area contributed by atoms with Crippen molar-refractivity contribution in [3.8, 4) is 5.75 Å². The van der Waals surface area contributed by atoms with Gasteiger partial charge in [-0.05, 0) is 87.7 Å². The molecule has 136 valence electrons. The number of nitrogens with one attached hydrogen (secondary N) is 1. The van der Waals surface area contributed by atoms with Crippen LogP contribution in [0.15, 0.2) is 24.3 Å². The third kappa shape index (κ3) is 3.28. The fourth-order valence-corrected chi connectivity index (χ4v) is 6.16. The van der Waals surface area contributed by atoms with E-state index in [0.29, 0.717) is 16.2 Å². The summed E-state index contributed by atoms with van der Waals surface area (Å²) in [6.45, 7) is 4.00. The summed E-state index contributed by atoms with van der Waals surface area (Å²) < 4.78 is 5.78. The highest BCUT2D eigenvalue weighted by Crippen LogP contribution is 2.61. The van der Waals surface area contributed by atoms with Crippen LogP contribution in [0.3, 0.4) is 0 Å². The Balaban J connectivity index is 1.40. The van der Waals surface area contributed by atoms with Gasteiger partial charge in [0.15, 0.2) is 6.10 Å². The first-order valence-corrected chi connectivity index (χ1v) is 10.0. The highest BCUT2D eigenvalue weighted by Gasteiger charge is 2.53. The van der Waals surface area contributed by atoms with Crippen LogP contribution < -0.4 is 10.1 Å². The number of hydrogen-bond donors (Lipinski definition) is 1. The summed E-state index contributed by atoms with van der Waals surface area (Å²) in [7, 11) is 0. The van der Waals surface area contributed by atoms with Gasteiger partial charge in [0.2, 0.25) is 0 Å². The maximum Gasteiger partial charge on any atom is 0.261 e. The number of ether oxygens (including phenoxy) is 1. The van der Waals surface area contributed by atoms with E-state index >= 15 is 0 Å². The van der Waals surface area contributed by atoms with Gasteiger partial charge in [0.1, 0.15) is 5.75 Å². The van der Waals surface area contributed by atoms with Crippen LogP contribution in [0.25, 0.3) is 0 Å². The van der Waals surface area contributed by atoms with Crippen LogP contribution in [0.5, 0.6) is 5.75 Å². The molecule has 0 aromatic heterocycles. The number of carbonyl (C=O) groups excluding carboxylic acids is 1. The van der Waals surface area contributed by atoms with E-state index in [9.17, 15) is 4.79 Å². The molecule has 1 amide bonds. The van der Waals surface area contributed by atoms with Crippen molar-refractivity contribution in [1.82, 2.24) is 5.32 Å². The second-order valence-electron chi connectivity index (χ2n) is 8.70. The molecule has 4 heteroatoms. The minimum atomic E-state index is -0.545. The zero-order valence-corrected chi connectivity index (χ0v) is 15.9. The normalized spacial score (nSPS) is 35.2. The minimum Gasteiger partial charge on any atom is -0.479 e. The Hall–Kier alpha value is -1.22. The summed E-state index contributed by atoms with van der Waals surface area (Å²) in [5.74, 6) is 3.20. The van der Waals surface area contributed by atoms with Crippen LogP contribution in [-0.4, -0.2) is 18.1 Å². The van der Waals surface area contributed by atoms with Crippen LogP contribution >= 0.6 is 11.6 Å². The smallest absolute Gasteiger partial charge is 0.261 e. The van der Waals surface area contributed by atoms with Gasteiger partial charge >= 0.3 is 0 Å². The average Bonchev–Trinajstić information content (AvgIpc) is 2.55. The average molecular weight is 362 g/mol. The summed E-state index contributed by atoms with van der Waals surface area (Å²) in [5, 5.41) is 3.81. The van der Waals surface area contributed by atoms with Crippen molar-refractivity contribution in [3.05, 3.63) is 29.3 Å². The molecule has 0 radical (unpaired) electrons. The lowest BCUT2D eigenvalue weighted by Crippen LogP contribution is -2.57. The number of amides is 1. The van der Waals surface area contributed by atoms with Crippen molar-refractivity contribution < 1.29 is 9.53 Å². The number of benzene rings is 1. The lowest BCUT2D eigenvalue weighted by molar-refractivity contribution is -0.131. The van der Waals surface area contributed by atoms with E-state index in [2.05, 4.69) is 12.2 Å². The topological polar surface area (TPSA) is 38.3 Å². The van der Waals surface area contributed by atoms with Crippen molar-refractivity contribution in [2.75, 3.05) is 0 Å². The lowest BCUT2D eigenvalue weighted by atomic mass is 9.48. The van der Waals surface area contributed by atoms with Crippen molar-refractivity contribution in [2.45, 2.75) is 64.5 Å². The monoisotopic (exact) mass is 361 g/mol. The Kier molecular flexibility index (Phi) is 4.47. The first kappa shape index (κ1) is 17.2. The van der Waals surface area contributed by atoms with E-state index in [-0.39, 0.29) is 11.9 Å². The molecule has 25 heavy (non-hydrogen) atoms. The summed E-state index contributed by atoms with van der Waals surface area (Å²) in [5.41, 5.74) is 0.314. The molecule has 4 aliphatic carbocycles. The molecule has 2 atom stereocenters. The van der Waals surface area contributed by atoms with Gasteiger partial charge in [-0.3, -0.25) is 4.79 Å². The van der Waals surface area contributed by atoms with Gasteiger partial charge in [-0.1, -0.05) is 23.7 Å². The highest BCUT2D eigenvalue weighted by molar-refractivity contribution is 6.32. The van der Waals surface area contributed by atoms with Crippen molar-refractivity contribution in [3.63, 3.8) is 0 Å². The largest absolute Gasteiger partial charge is 0.479 e. The molecule has 1 aromatic rings. The third-order valence-electron chi connectivity index (χ3n) is 6.87. The zero-order valence-electron chi connectivity index (χ0n) is 15.1. The second-order valence-corrected chi connectivity index (χ2v) is 9.11. The van der Waals surface area contributed by atoms with Gasteiger partial charge in [-0.15, -0.1) is 0 Å². The number of para-hydroxylation sites is 1. The molecule has 0 saturated heterocycles. The first-order chi connectivity index (χ1) is 11.9. The van der Waals surface area contributed by atoms with E-state index in [1.54, 1.807) is 19.1 Å². The maximum atomic E-state index is 12.7. The third-order valence-corrected chi connectivity index (χ3v) is 7.18. The summed E-state index contributed by atoms with van der Waals surface area (Å²) in [6.07, 6.45) is 7.60. The van der Waals surface area contributed by atoms with E-state index < -0.39 is 6.10 Å². The van der Waals surface area contributed by atoms with E-state index in [1.165, 1.54) is 38.5 Å². The van der Waals surface area contributed by atoms with E-state index in [0.717, 1.165) is 17.8 Å². The summed E-state index contributed by atoms with van der Waals surface area (Å²) in [6, 6.07) is 7.51. The van der Waals surface area contributed by atoms with Crippen LogP contribution in [-0.2, 0) is 4.79 Å². The molecule has 4 saturated carbocycles. The van der Waals surface area contributed by atoms with Crippen molar-refractivity contribution >= 4 is 17.5 Å². The summed E-state index contributed by atoms with van der Waals surface area (Å²) >= 11 is 6.13. The number of carbonyl (C=O) groups is 1. The SMILES string of the molecule is C[C@H](Oc1ccccc1Cl)C(=O)N[C@H](C)C12CC3CC(CC(C3)C1)C2. The van der Waals surface area contributed by atoms with Crippen LogP contribution in [0.1, 0.15) is 52.4 Å². The zero-order chi connectivity index (χ0) is 17.6. The molecular formula is C21H28ClNO2. The van der Waals surface area contributed by atoms with Gasteiger partial charge in [0, 0.05) is 6.04 Å². The molecule has 0 unspecified atom stereocenters. The minimum absolute atomic E-state index is 0.0387. The predicted octanol–water partition coefficient (Wildman–Crippen LogP) is 4.83. The molecule has 4 fully saturated rings. The van der Waals surface area contributed by atoms with Gasteiger partial charge in [-0.25, -0.2) is 0 Å². The molecule has 1 N–H and O–H groups in total. The Labute approximate surface area is 155 Å². The number of hydrogen-bond acceptors (Lipinski definition) is 2. The molecule has 4 bridgehead atoms. The highest BCUT2D eigenvalue weighted by atomic mass is 35.5. The van der Waals surface area contributed by atoms with E-state index in [1.807, 2.05) is 12.1 Å². The fourth-order valence-electron chi connectivity index (χ4n) is 5.98. The maximum absolute atomic E-state index is 12.7. The van der Waals surface area contributed by atoms with Gasteiger partial charge in [0.05, 0.1) is 5.02 Å². The van der Waals surface area contributed by atoms with Crippen LogP contribution in [0, 0.1) is 23.2 Å². The molecule has 0 heterocycles. The molecule has 4 aliphatic rings. The Morgan fingerprint density at radius 2 is 1.68 bits per heavy atom. The molecule has 3 nitrogen and oxygen atoms in total. The molecule has 1 aromatic carbocycles.